The highest BCUT2D eigenvalue weighted by atomic mass is 16.5. The van der Waals surface area contributed by atoms with Crippen molar-refractivity contribution in [2.75, 3.05) is 0 Å². The Kier molecular flexibility index (Phi) is 4.76. The van der Waals surface area contributed by atoms with Crippen LogP contribution < -0.4 is 5.32 Å². The lowest BCUT2D eigenvalue weighted by Gasteiger charge is -2.22. The third kappa shape index (κ3) is 3.34. The number of aromatic nitrogens is 1. The van der Waals surface area contributed by atoms with Crippen LogP contribution in [0.3, 0.4) is 0 Å². The normalized spacial score (nSPS) is 18.0. The molecular formula is C37H26N2O2. The van der Waals surface area contributed by atoms with Gasteiger partial charge < -0.3 is 19.0 Å². The third-order valence-corrected chi connectivity index (χ3v) is 8.63. The summed E-state index contributed by atoms with van der Waals surface area (Å²) in [5.74, 6) is 2.03. The van der Waals surface area contributed by atoms with Gasteiger partial charge in [-0.05, 0) is 35.9 Å². The fourth-order valence-electron chi connectivity index (χ4n) is 6.75. The van der Waals surface area contributed by atoms with Crippen LogP contribution in [0.2, 0.25) is 0 Å². The summed E-state index contributed by atoms with van der Waals surface area (Å²) in [6.45, 7) is 0. The van der Waals surface area contributed by atoms with Crippen molar-refractivity contribution in [3.05, 3.63) is 156 Å². The van der Waals surface area contributed by atoms with Crippen molar-refractivity contribution in [3.63, 3.8) is 0 Å². The zero-order chi connectivity index (χ0) is 26.9. The highest BCUT2D eigenvalue weighted by Gasteiger charge is 2.39. The van der Waals surface area contributed by atoms with E-state index in [2.05, 4.69) is 125 Å². The minimum Gasteiger partial charge on any atom is -0.464 e. The molecule has 9 rings (SSSR count). The highest BCUT2D eigenvalue weighted by Crippen LogP contribution is 2.50. The molecular weight excluding hydrogens is 504 g/mol. The number of rotatable bonds is 3. The summed E-state index contributed by atoms with van der Waals surface area (Å²) < 4.78 is 15.5. The van der Waals surface area contributed by atoms with Gasteiger partial charge in [0.1, 0.15) is 11.3 Å². The first-order valence-corrected chi connectivity index (χ1v) is 14.1. The molecule has 0 radical (unpaired) electrons. The molecule has 41 heavy (non-hydrogen) atoms. The number of para-hydroxylation sites is 3. The van der Waals surface area contributed by atoms with E-state index in [4.69, 9.17) is 9.15 Å². The van der Waals surface area contributed by atoms with Gasteiger partial charge >= 0.3 is 0 Å². The van der Waals surface area contributed by atoms with E-state index in [1.165, 1.54) is 27.4 Å². The second-order valence-electron chi connectivity index (χ2n) is 10.9. The number of hydrogen-bond acceptors (Lipinski definition) is 3. The lowest BCUT2D eigenvalue weighted by atomic mass is 9.84. The monoisotopic (exact) mass is 530 g/mol. The Bertz CT molecular complexity index is 2080. The molecule has 0 saturated heterocycles. The van der Waals surface area contributed by atoms with Crippen LogP contribution in [0.5, 0.6) is 0 Å². The molecule has 4 nitrogen and oxygen atoms in total. The molecule has 0 spiro atoms. The number of hydrogen-bond donors (Lipinski definition) is 1. The Labute approximate surface area is 237 Å². The quantitative estimate of drug-likeness (QED) is 0.248. The summed E-state index contributed by atoms with van der Waals surface area (Å²) in [6.07, 6.45) is 0.547. The molecule has 0 saturated carbocycles. The maximum absolute atomic E-state index is 6.70. The fraction of sp³-hybridized carbons (Fsp3) is 0.0811. The molecule has 1 N–H and O–H groups in total. The first kappa shape index (κ1) is 22.6. The molecule has 7 aromatic rings. The Morgan fingerprint density at radius 2 is 1.24 bits per heavy atom. The summed E-state index contributed by atoms with van der Waals surface area (Å²) in [7, 11) is 0. The minimum atomic E-state index is -0.261. The van der Waals surface area contributed by atoms with Crippen molar-refractivity contribution in [1.29, 1.82) is 0 Å². The Morgan fingerprint density at radius 1 is 0.610 bits per heavy atom. The van der Waals surface area contributed by atoms with E-state index in [1.807, 2.05) is 12.1 Å². The smallest absolute Gasteiger partial charge is 0.196 e. The standard InChI is InChI=1S/C37H26N2O2/c1-2-10-23(11-3-1)29-22-30-36(34-28-14-6-9-17-33(28)40-35(29)34)41-37(38-30)24-18-20-25(21-19-24)39-31-15-7-4-12-26(31)27-13-5-8-16-32(27)39/h1-21,29,37-38H,22H2. The van der Waals surface area contributed by atoms with Crippen LogP contribution in [-0.2, 0) is 4.74 Å². The van der Waals surface area contributed by atoms with Gasteiger partial charge in [-0.1, -0.05) is 97.1 Å². The molecule has 196 valence electrons. The van der Waals surface area contributed by atoms with Crippen molar-refractivity contribution in [2.24, 2.45) is 0 Å². The van der Waals surface area contributed by atoms with Gasteiger partial charge in [0.25, 0.3) is 0 Å². The average Bonchev–Trinajstić information content (AvgIpc) is 3.73. The predicted octanol–water partition coefficient (Wildman–Crippen LogP) is 9.05. The highest BCUT2D eigenvalue weighted by molar-refractivity contribution is 6.09. The number of nitrogens with zero attached hydrogens (tertiary/aromatic N) is 1. The van der Waals surface area contributed by atoms with Crippen molar-refractivity contribution < 1.29 is 9.15 Å². The molecule has 0 fully saturated rings. The largest absolute Gasteiger partial charge is 0.464 e. The summed E-state index contributed by atoms with van der Waals surface area (Å²) >= 11 is 0. The number of furan rings is 1. The number of allylic oxidation sites excluding steroid dienone is 1. The number of nitrogens with one attached hydrogen (secondary N) is 1. The van der Waals surface area contributed by atoms with Crippen LogP contribution in [0.25, 0.3) is 44.2 Å². The lowest BCUT2D eigenvalue weighted by Crippen LogP contribution is -2.18. The molecule has 2 aliphatic rings. The molecule has 0 amide bonds. The van der Waals surface area contributed by atoms with E-state index in [0.717, 1.165) is 51.4 Å². The Hall–Kier alpha value is -5.22. The topological polar surface area (TPSA) is 39.3 Å². The zero-order valence-corrected chi connectivity index (χ0v) is 22.2. The van der Waals surface area contributed by atoms with Gasteiger partial charge in [-0.3, -0.25) is 0 Å². The molecule has 3 heterocycles. The SMILES string of the molecule is c1ccc(C2CC3=C(OC(c4ccc(-n5c6ccccc6c6ccccc65)cc4)N3)c3c2oc2ccccc32)cc1. The van der Waals surface area contributed by atoms with Crippen LogP contribution in [-0.4, -0.2) is 4.57 Å². The maximum Gasteiger partial charge on any atom is 0.196 e. The molecule has 0 bridgehead atoms. The zero-order valence-electron chi connectivity index (χ0n) is 22.2. The van der Waals surface area contributed by atoms with E-state index >= 15 is 0 Å². The van der Waals surface area contributed by atoms with Gasteiger partial charge in [-0.25, -0.2) is 0 Å². The minimum absolute atomic E-state index is 0.130. The molecule has 1 aliphatic heterocycles. The summed E-state index contributed by atoms with van der Waals surface area (Å²) in [5, 5.41) is 7.35. The summed E-state index contributed by atoms with van der Waals surface area (Å²) in [4.78, 5) is 0. The van der Waals surface area contributed by atoms with Gasteiger partial charge in [0, 0.05) is 39.7 Å². The van der Waals surface area contributed by atoms with Crippen LogP contribution in [0.15, 0.2) is 138 Å². The number of fused-ring (bicyclic) bond motifs is 7. The van der Waals surface area contributed by atoms with E-state index < -0.39 is 0 Å². The molecule has 2 unspecified atom stereocenters. The molecule has 4 heteroatoms. The lowest BCUT2D eigenvalue weighted by molar-refractivity contribution is 0.173. The first-order valence-electron chi connectivity index (χ1n) is 14.1. The Balaban J connectivity index is 1.09. The molecule has 2 atom stereocenters. The van der Waals surface area contributed by atoms with E-state index in [-0.39, 0.29) is 12.1 Å². The van der Waals surface area contributed by atoms with Crippen LogP contribution >= 0.6 is 0 Å². The van der Waals surface area contributed by atoms with Gasteiger partial charge in [0.05, 0.1) is 22.3 Å². The maximum atomic E-state index is 6.70. The summed E-state index contributed by atoms with van der Waals surface area (Å²) in [5.41, 5.74) is 9.00. The van der Waals surface area contributed by atoms with E-state index in [0.29, 0.717) is 0 Å². The van der Waals surface area contributed by atoms with Crippen LogP contribution in [0.1, 0.15) is 41.0 Å². The van der Waals surface area contributed by atoms with E-state index in [1.54, 1.807) is 0 Å². The number of benzene rings is 5. The van der Waals surface area contributed by atoms with Gasteiger partial charge in [0.15, 0.2) is 12.0 Å². The molecule has 2 aromatic heterocycles. The first-order chi connectivity index (χ1) is 20.3. The summed E-state index contributed by atoms with van der Waals surface area (Å²) in [6, 6.07) is 44.9. The van der Waals surface area contributed by atoms with Gasteiger partial charge in [-0.2, -0.15) is 0 Å². The average molecular weight is 531 g/mol. The number of ether oxygens (including phenoxy) is 1. The van der Waals surface area contributed by atoms with Gasteiger partial charge in [-0.15, -0.1) is 0 Å². The Morgan fingerprint density at radius 3 is 1.98 bits per heavy atom. The molecule has 5 aromatic carbocycles. The van der Waals surface area contributed by atoms with Crippen molar-refractivity contribution in [1.82, 2.24) is 9.88 Å². The van der Waals surface area contributed by atoms with Crippen molar-refractivity contribution in [2.45, 2.75) is 18.6 Å². The van der Waals surface area contributed by atoms with Crippen molar-refractivity contribution in [3.8, 4) is 5.69 Å². The second kappa shape index (κ2) is 8.64. The predicted molar refractivity (Wildman–Crippen MR) is 164 cm³/mol. The van der Waals surface area contributed by atoms with Crippen molar-refractivity contribution >= 4 is 38.5 Å². The van der Waals surface area contributed by atoms with Crippen LogP contribution in [0, 0.1) is 0 Å². The van der Waals surface area contributed by atoms with Gasteiger partial charge in [0.2, 0.25) is 0 Å². The van der Waals surface area contributed by atoms with E-state index in [9.17, 15) is 0 Å². The van der Waals surface area contributed by atoms with Crippen LogP contribution in [0.4, 0.5) is 0 Å². The fourth-order valence-corrected chi connectivity index (χ4v) is 6.75. The second-order valence-corrected chi connectivity index (χ2v) is 10.9. The third-order valence-electron chi connectivity index (χ3n) is 8.63. The molecule has 1 aliphatic carbocycles.